The summed E-state index contributed by atoms with van der Waals surface area (Å²) in [5, 5.41) is 16.1. The molecule has 2 unspecified atom stereocenters. The molecule has 19 heavy (non-hydrogen) atoms. The minimum atomic E-state index is -0.338. The van der Waals surface area contributed by atoms with Crippen molar-refractivity contribution < 1.29 is 9.50 Å². The van der Waals surface area contributed by atoms with Crippen LogP contribution in [0.25, 0.3) is 0 Å². The van der Waals surface area contributed by atoms with E-state index >= 15 is 0 Å². The number of rotatable bonds is 5. The molecule has 2 aromatic rings. The second-order valence-electron chi connectivity index (χ2n) is 4.60. The first-order chi connectivity index (χ1) is 9.08. The largest absolute Gasteiger partial charge is 0.508 e. The zero-order valence-electron chi connectivity index (χ0n) is 10.9. The van der Waals surface area contributed by atoms with Crippen molar-refractivity contribution in [2.45, 2.75) is 25.8 Å². The van der Waals surface area contributed by atoms with Crippen LogP contribution in [0.4, 0.5) is 4.39 Å². The summed E-state index contributed by atoms with van der Waals surface area (Å²) in [5.41, 5.74) is 0.575. The first kappa shape index (κ1) is 14.0. The fourth-order valence-electron chi connectivity index (χ4n) is 1.90. The minimum Gasteiger partial charge on any atom is -0.508 e. The van der Waals surface area contributed by atoms with E-state index < -0.39 is 0 Å². The number of phenolic OH excluding ortho intramolecular Hbond substituents is 1. The Hall–Kier alpha value is -1.46. The maximum atomic E-state index is 13.2. The Morgan fingerprint density at radius 1 is 1.42 bits per heavy atom. The molecule has 0 radical (unpaired) electrons. The van der Waals surface area contributed by atoms with Crippen LogP contribution < -0.4 is 5.32 Å². The van der Waals surface area contributed by atoms with E-state index in [1.807, 2.05) is 12.3 Å². The highest BCUT2D eigenvalue weighted by Crippen LogP contribution is 2.25. The number of hydrogen-bond acceptors (Lipinski definition) is 4. The predicted molar refractivity (Wildman–Crippen MR) is 75.0 cm³/mol. The maximum Gasteiger partial charge on any atom is 0.123 e. The van der Waals surface area contributed by atoms with Gasteiger partial charge in [-0.05, 0) is 25.1 Å². The van der Waals surface area contributed by atoms with Crippen molar-refractivity contribution in [1.29, 1.82) is 0 Å². The van der Waals surface area contributed by atoms with Crippen LogP contribution in [0.3, 0.4) is 0 Å². The zero-order chi connectivity index (χ0) is 13.8. The molecule has 3 nitrogen and oxygen atoms in total. The van der Waals surface area contributed by atoms with E-state index in [2.05, 4.69) is 17.2 Å². The number of benzene rings is 1. The average molecular weight is 280 g/mol. The van der Waals surface area contributed by atoms with Gasteiger partial charge in [0, 0.05) is 35.6 Å². The Bertz CT molecular complexity index is 530. The third kappa shape index (κ3) is 3.52. The lowest BCUT2D eigenvalue weighted by Gasteiger charge is -2.18. The summed E-state index contributed by atoms with van der Waals surface area (Å²) in [6.07, 6.45) is 1.79. The molecule has 102 valence electrons. The van der Waals surface area contributed by atoms with Crippen LogP contribution in [0.2, 0.25) is 0 Å². The van der Waals surface area contributed by atoms with E-state index in [9.17, 15) is 9.50 Å². The number of aromatic hydroxyl groups is 1. The minimum absolute atomic E-state index is 0.113. The first-order valence-corrected chi connectivity index (χ1v) is 7.07. The number of thiazole rings is 1. The van der Waals surface area contributed by atoms with Crippen LogP contribution in [0, 0.1) is 5.82 Å². The maximum absolute atomic E-state index is 13.2. The van der Waals surface area contributed by atoms with E-state index in [0.717, 1.165) is 11.6 Å². The van der Waals surface area contributed by atoms with Gasteiger partial charge in [0.2, 0.25) is 0 Å². The number of halogens is 1. The molecule has 1 heterocycles. The molecule has 0 fully saturated rings. The third-order valence-electron chi connectivity index (χ3n) is 3.06. The lowest BCUT2D eigenvalue weighted by atomic mass is 10.1. The molecule has 0 saturated heterocycles. The van der Waals surface area contributed by atoms with Gasteiger partial charge in [-0.25, -0.2) is 9.37 Å². The van der Waals surface area contributed by atoms with Gasteiger partial charge < -0.3 is 10.4 Å². The third-order valence-corrected chi connectivity index (χ3v) is 4.07. The Labute approximate surface area is 116 Å². The van der Waals surface area contributed by atoms with Crippen molar-refractivity contribution in [3.63, 3.8) is 0 Å². The molecule has 0 amide bonds. The normalized spacial score (nSPS) is 14.3. The summed E-state index contributed by atoms with van der Waals surface area (Å²) in [6.45, 7) is 4.72. The number of nitrogens with one attached hydrogen (secondary N) is 1. The zero-order valence-corrected chi connectivity index (χ0v) is 11.7. The van der Waals surface area contributed by atoms with Crippen molar-refractivity contribution in [3.8, 4) is 5.75 Å². The molecule has 1 aromatic carbocycles. The number of phenols is 1. The number of aromatic nitrogens is 1. The summed E-state index contributed by atoms with van der Waals surface area (Å²) in [5.74, 6) is 0.0656. The molecule has 2 N–H and O–H groups in total. The lowest BCUT2D eigenvalue weighted by Crippen LogP contribution is -2.23. The fraction of sp³-hybridized carbons (Fsp3) is 0.357. The van der Waals surface area contributed by atoms with E-state index in [4.69, 9.17) is 0 Å². The van der Waals surface area contributed by atoms with Crippen LogP contribution in [0.1, 0.15) is 36.4 Å². The summed E-state index contributed by atoms with van der Waals surface area (Å²) in [4.78, 5) is 4.27. The van der Waals surface area contributed by atoms with Crippen LogP contribution in [0.15, 0.2) is 29.8 Å². The van der Waals surface area contributed by atoms with Crippen LogP contribution >= 0.6 is 11.3 Å². The highest BCUT2D eigenvalue weighted by molar-refractivity contribution is 7.09. The van der Waals surface area contributed by atoms with E-state index in [0.29, 0.717) is 5.56 Å². The second kappa shape index (κ2) is 6.12. The van der Waals surface area contributed by atoms with Gasteiger partial charge in [0.05, 0.1) is 5.01 Å². The van der Waals surface area contributed by atoms with Crippen molar-refractivity contribution >= 4 is 11.3 Å². The monoisotopic (exact) mass is 280 g/mol. The van der Waals surface area contributed by atoms with E-state index in [1.165, 1.54) is 18.2 Å². The topological polar surface area (TPSA) is 45.1 Å². The van der Waals surface area contributed by atoms with Gasteiger partial charge in [-0.15, -0.1) is 11.3 Å². The Morgan fingerprint density at radius 3 is 2.89 bits per heavy atom. The lowest BCUT2D eigenvalue weighted by molar-refractivity contribution is 0.446. The van der Waals surface area contributed by atoms with Crippen molar-refractivity contribution in [2.75, 3.05) is 6.54 Å². The summed E-state index contributed by atoms with van der Waals surface area (Å²) in [6, 6.07) is 3.89. The average Bonchev–Trinajstić information content (AvgIpc) is 2.92. The SMILES string of the molecule is CC(CNC(C)c1cc(F)ccc1O)c1nccs1. The van der Waals surface area contributed by atoms with Gasteiger partial charge in [0.15, 0.2) is 0 Å². The fourth-order valence-corrected chi connectivity index (χ4v) is 2.60. The van der Waals surface area contributed by atoms with Gasteiger partial charge in [-0.2, -0.15) is 0 Å². The van der Waals surface area contributed by atoms with Gasteiger partial charge >= 0.3 is 0 Å². The van der Waals surface area contributed by atoms with Crippen molar-refractivity contribution in [2.24, 2.45) is 0 Å². The quantitative estimate of drug-likeness (QED) is 0.882. The molecule has 2 rings (SSSR count). The molecule has 0 aliphatic rings. The predicted octanol–water partition coefficient (Wildman–Crippen LogP) is 3.44. The molecule has 1 aromatic heterocycles. The van der Waals surface area contributed by atoms with Gasteiger partial charge in [-0.3, -0.25) is 0 Å². The molecular weight excluding hydrogens is 263 g/mol. The molecule has 0 aliphatic heterocycles. The molecule has 5 heteroatoms. The van der Waals surface area contributed by atoms with Crippen LogP contribution in [-0.2, 0) is 0 Å². The van der Waals surface area contributed by atoms with Crippen LogP contribution in [-0.4, -0.2) is 16.6 Å². The van der Waals surface area contributed by atoms with Gasteiger partial charge in [0.1, 0.15) is 11.6 Å². The Balaban J connectivity index is 1.97. The van der Waals surface area contributed by atoms with E-state index in [-0.39, 0.29) is 23.5 Å². The Morgan fingerprint density at radius 2 is 2.21 bits per heavy atom. The van der Waals surface area contributed by atoms with Crippen molar-refractivity contribution in [1.82, 2.24) is 10.3 Å². The molecule has 2 atom stereocenters. The summed E-state index contributed by atoms with van der Waals surface area (Å²) < 4.78 is 13.2. The molecule has 0 bridgehead atoms. The molecule has 0 spiro atoms. The van der Waals surface area contributed by atoms with Crippen LogP contribution in [0.5, 0.6) is 5.75 Å². The molecular formula is C14H17FN2OS. The second-order valence-corrected chi connectivity index (χ2v) is 5.53. The smallest absolute Gasteiger partial charge is 0.123 e. The number of nitrogens with zero attached hydrogens (tertiary/aromatic N) is 1. The Kier molecular flexibility index (Phi) is 4.50. The molecule has 0 aliphatic carbocycles. The van der Waals surface area contributed by atoms with E-state index in [1.54, 1.807) is 17.5 Å². The van der Waals surface area contributed by atoms with Gasteiger partial charge in [-0.1, -0.05) is 6.92 Å². The van der Waals surface area contributed by atoms with Gasteiger partial charge in [0.25, 0.3) is 0 Å². The highest BCUT2D eigenvalue weighted by atomic mass is 32.1. The standard InChI is InChI=1S/C14H17FN2OS/c1-9(14-16-5-6-19-14)8-17-10(2)12-7-11(15)3-4-13(12)18/h3-7,9-10,17-18H,8H2,1-2H3. The van der Waals surface area contributed by atoms with Crippen molar-refractivity contribution in [3.05, 3.63) is 46.2 Å². The molecule has 0 saturated carbocycles. The summed E-state index contributed by atoms with van der Waals surface area (Å²) >= 11 is 1.62. The summed E-state index contributed by atoms with van der Waals surface area (Å²) in [7, 11) is 0. The first-order valence-electron chi connectivity index (χ1n) is 6.19. The highest BCUT2D eigenvalue weighted by Gasteiger charge is 2.14. The number of hydrogen-bond donors (Lipinski definition) is 2.